The van der Waals surface area contributed by atoms with Crippen LogP contribution in [0.5, 0.6) is 17.2 Å². The molecule has 7 nitrogen and oxygen atoms in total. The third kappa shape index (κ3) is 5.63. The van der Waals surface area contributed by atoms with E-state index < -0.39 is 5.82 Å². The second-order valence-corrected chi connectivity index (χ2v) is 9.85. The van der Waals surface area contributed by atoms with Crippen LogP contribution in [0, 0.1) is 19.7 Å². The predicted octanol–water partition coefficient (Wildman–Crippen LogP) is 6.46. The lowest BCUT2D eigenvalue weighted by molar-refractivity contribution is 0.306. The van der Waals surface area contributed by atoms with E-state index in [0.29, 0.717) is 35.6 Å². The van der Waals surface area contributed by atoms with Crippen LogP contribution in [-0.2, 0) is 6.61 Å². The topological polar surface area (TPSA) is 87.6 Å². The molecule has 2 N–H and O–H groups in total. The first-order valence-electron chi connectivity index (χ1n) is 11.6. The van der Waals surface area contributed by atoms with Crippen LogP contribution in [-0.4, -0.2) is 19.4 Å². The van der Waals surface area contributed by atoms with Gasteiger partial charge in [-0.3, -0.25) is 4.40 Å². The molecule has 0 amide bonds. The highest BCUT2D eigenvalue weighted by Gasteiger charge is 2.29. The van der Waals surface area contributed by atoms with E-state index in [1.54, 1.807) is 29.8 Å². The summed E-state index contributed by atoms with van der Waals surface area (Å²) < 4.78 is 27.0. The van der Waals surface area contributed by atoms with Crippen molar-refractivity contribution in [1.29, 1.82) is 0 Å². The minimum Gasteiger partial charge on any atom is -0.488 e. The van der Waals surface area contributed by atoms with Crippen molar-refractivity contribution in [2.45, 2.75) is 39.2 Å². The molecule has 0 atom stereocenters. The monoisotopic (exact) mass is 503 g/mol. The van der Waals surface area contributed by atoms with Gasteiger partial charge in [0.05, 0.1) is 15.6 Å². The molecule has 6 rings (SSSR count). The van der Waals surface area contributed by atoms with Gasteiger partial charge in [-0.05, 0) is 38.8 Å². The Labute approximate surface area is 212 Å². The SMILES string of the molecule is Cc1nc(C2CC2)n2ccnc(N)c12.Cc1ncc(COc2cc(F)cc(Oc3ccccc3)c2)s1. The molecular weight excluding hydrogens is 477 g/mol. The fourth-order valence-corrected chi connectivity index (χ4v) is 4.54. The highest BCUT2D eigenvalue weighted by molar-refractivity contribution is 7.11. The first-order chi connectivity index (χ1) is 17.5. The molecular formula is C27H26FN5O2S. The van der Waals surface area contributed by atoms with Gasteiger partial charge in [-0.25, -0.2) is 19.3 Å². The molecule has 5 aromatic rings. The summed E-state index contributed by atoms with van der Waals surface area (Å²) in [6.07, 6.45) is 7.94. The zero-order valence-corrected chi connectivity index (χ0v) is 20.8. The zero-order chi connectivity index (χ0) is 25.1. The lowest BCUT2D eigenvalue weighted by atomic mass is 10.3. The summed E-state index contributed by atoms with van der Waals surface area (Å²) in [4.78, 5) is 13.8. The molecule has 0 unspecified atom stereocenters. The van der Waals surface area contributed by atoms with Crippen molar-refractivity contribution >= 4 is 22.7 Å². The number of anilines is 1. The van der Waals surface area contributed by atoms with Crippen molar-refractivity contribution < 1.29 is 13.9 Å². The van der Waals surface area contributed by atoms with Crippen molar-refractivity contribution in [3.63, 3.8) is 0 Å². The van der Waals surface area contributed by atoms with E-state index in [9.17, 15) is 4.39 Å². The smallest absolute Gasteiger partial charge is 0.149 e. The fourth-order valence-electron chi connectivity index (χ4n) is 3.83. The Morgan fingerprint density at radius 3 is 2.56 bits per heavy atom. The van der Waals surface area contributed by atoms with E-state index in [0.717, 1.165) is 26.9 Å². The van der Waals surface area contributed by atoms with Gasteiger partial charge < -0.3 is 15.2 Å². The van der Waals surface area contributed by atoms with Crippen molar-refractivity contribution in [2.24, 2.45) is 0 Å². The van der Waals surface area contributed by atoms with Gasteiger partial charge in [-0.1, -0.05) is 18.2 Å². The number of ether oxygens (including phenoxy) is 2. The number of nitrogen functional groups attached to an aromatic ring is 1. The Balaban J connectivity index is 0.000000163. The van der Waals surface area contributed by atoms with Gasteiger partial charge in [0.2, 0.25) is 0 Å². The summed E-state index contributed by atoms with van der Waals surface area (Å²) in [5, 5.41) is 0.978. The number of nitrogens with zero attached hydrogens (tertiary/aromatic N) is 4. The van der Waals surface area contributed by atoms with Crippen molar-refractivity contribution in [1.82, 2.24) is 19.4 Å². The van der Waals surface area contributed by atoms with E-state index in [4.69, 9.17) is 15.2 Å². The number of aromatic nitrogens is 4. The Hall–Kier alpha value is -3.98. The van der Waals surface area contributed by atoms with Gasteiger partial charge in [0, 0.05) is 42.7 Å². The summed E-state index contributed by atoms with van der Waals surface area (Å²) in [7, 11) is 0. The minimum absolute atomic E-state index is 0.361. The average Bonchev–Trinajstić information content (AvgIpc) is 3.53. The van der Waals surface area contributed by atoms with Gasteiger partial charge >= 0.3 is 0 Å². The lowest BCUT2D eigenvalue weighted by Crippen LogP contribution is -1.97. The summed E-state index contributed by atoms with van der Waals surface area (Å²) in [6, 6.07) is 13.6. The van der Waals surface area contributed by atoms with Crippen LogP contribution < -0.4 is 15.2 Å². The van der Waals surface area contributed by atoms with E-state index in [-0.39, 0.29) is 0 Å². The van der Waals surface area contributed by atoms with Crippen LogP contribution >= 0.6 is 11.3 Å². The molecule has 9 heteroatoms. The number of aryl methyl sites for hydroxylation is 2. The maximum Gasteiger partial charge on any atom is 0.149 e. The fraction of sp³-hybridized carbons (Fsp3) is 0.222. The minimum atomic E-state index is -0.399. The maximum absolute atomic E-state index is 13.7. The molecule has 184 valence electrons. The average molecular weight is 504 g/mol. The number of halogens is 1. The number of rotatable bonds is 6. The first kappa shape index (κ1) is 23.7. The van der Waals surface area contributed by atoms with E-state index >= 15 is 0 Å². The molecule has 0 radical (unpaired) electrons. The van der Waals surface area contributed by atoms with Gasteiger partial charge in [0.25, 0.3) is 0 Å². The van der Waals surface area contributed by atoms with Crippen molar-refractivity contribution in [3.8, 4) is 17.2 Å². The van der Waals surface area contributed by atoms with Gasteiger partial charge in [-0.2, -0.15) is 0 Å². The molecule has 1 saturated carbocycles. The second-order valence-electron chi connectivity index (χ2n) is 8.53. The number of fused-ring (bicyclic) bond motifs is 1. The molecule has 1 aliphatic rings. The van der Waals surface area contributed by atoms with Crippen LogP contribution in [0.2, 0.25) is 0 Å². The molecule has 0 spiro atoms. The third-order valence-electron chi connectivity index (χ3n) is 5.60. The quantitative estimate of drug-likeness (QED) is 0.286. The lowest BCUT2D eigenvalue weighted by Gasteiger charge is -2.09. The number of thiazole rings is 1. The number of nitrogens with two attached hydrogens (primary N) is 1. The molecule has 36 heavy (non-hydrogen) atoms. The molecule has 0 saturated heterocycles. The Morgan fingerprint density at radius 1 is 1.06 bits per heavy atom. The molecule has 3 aromatic heterocycles. The van der Waals surface area contributed by atoms with Crippen molar-refractivity contribution in [3.05, 3.63) is 94.3 Å². The molecule has 1 fully saturated rings. The number of benzene rings is 2. The molecule has 2 aromatic carbocycles. The second kappa shape index (κ2) is 10.3. The number of imidazole rings is 1. The Morgan fingerprint density at radius 2 is 1.83 bits per heavy atom. The molecule has 0 bridgehead atoms. The molecule has 3 heterocycles. The summed E-state index contributed by atoms with van der Waals surface area (Å²) in [5.74, 6) is 3.44. The summed E-state index contributed by atoms with van der Waals surface area (Å²) in [5.41, 5.74) is 7.77. The summed E-state index contributed by atoms with van der Waals surface area (Å²) in [6.45, 7) is 4.28. The Kier molecular flexibility index (Phi) is 6.81. The summed E-state index contributed by atoms with van der Waals surface area (Å²) >= 11 is 1.56. The number of hydrogen-bond acceptors (Lipinski definition) is 7. The Bertz CT molecular complexity index is 1480. The van der Waals surface area contributed by atoms with E-state index in [1.165, 1.54) is 25.0 Å². The van der Waals surface area contributed by atoms with E-state index in [2.05, 4.69) is 19.4 Å². The first-order valence-corrected chi connectivity index (χ1v) is 12.4. The van der Waals surface area contributed by atoms with Crippen LogP contribution in [0.25, 0.3) is 5.52 Å². The number of hydrogen-bond donors (Lipinski definition) is 1. The van der Waals surface area contributed by atoms with E-state index in [1.807, 2.05) is 50.4 Å². The maximum atomic E-state index is 13.7. The molecule has 0 aliphatic heterocycles. The third-order valence-corrected chi connectivity index (χ3v) is 6.49. The van der Waals surface area contributed by atoms with Crippen LogP contribution in [0.1, 0.15) is 40.2 Å². The normalized spacial score (nSPS) is 12.8. The standard InChI is InChI=1S/C17H14FNO2S.C10H12N4/c1-12-19-10-17(22-12)11-20-15-7-13(18)8-16(9-15)21-14-5-3-2-4-6-14;1-6-8-9(11)12-4-5-14(8)10(13-6)7-2-3-7/h2-10H,11H2,1H3;4-5,7H,2-3H2,1H3,(H2,11,12). The van der Waals surface area contributed by atoms with Gasteiger partial charge in [-0.15, -0.1) is 11.3 Å². The predicted molar refractivity (Wildman–Crippen MR) is 138 cm³/mol. The highest BCUT2D eigenvalue weighted by atomic mass is 32.1. The number of para-hydroxylation sites is 1. The zero-order valence-electron chi connectivity index (χ0n) is 20.0. The van der Waals surface area contributed by atoms with Gasteiger partial charge in [0.15, 0.2) is 0 Å². The van der Waals surface area contributed by atoms with Crippen LogP contribution in [0.3, 0.4) is 0 Å². The van der Waals surface area contributed by atoms with Crippen LogP contribution in [0.4, 0.5) is 10.2 Å². The van der Waals surface area contributed by atoms with Crippen LogP contribution in [0.15, 0.2) is 67.1 Å². The molecule has 1 aliphatic carbocycles. The van der Waals surface area contributed by atoms with Gasteiger partial charge in [0.1, 0.15) is 46.8 Å². The largest absolute Gasteiger partial charge is 0.488 e. The highest BCUT2D eigenvalue weighted by Crippen LogP contribution is 2.40. The van der Waals surface area contributed by atoms with Crippen molar-refractivity contribution in [2.75, 3.05) is 5.73 Å².